The summed E-state index contributed by atoms with van der Waals surface area (Å²) in [6, 6.07) is 4.51. The third-order valence-corrected chi connectivity index (χ3v) is 2.68. The first-order chi connectivity index (χ1) is 7.72. The number of alkyl halides is 1. The molecule has 0 saturated carbocycles. The van der Waals surface area contributed by atoms with Gasteiger partial charge in [-0.2, -0.15) is 0 Å². The Kier molecular flexibility index (Phi) is 5.52. The minimum absolute atomic E-state index is 0.218. The zero-order chi connectivity index (χ0) is 12.0. The molecule has 1 rings (SSSR count). The van der Waals surface area contributed by atoms with E-state index in [1.807, 2.05) is 0 Å². The van der Waals surface area contributed by atoms with E-state index in [1.54, 1.807) is 12.1 Å². The van der Waals surface area contributed by atoms with Crippen molar-refractivity contribution in [1.82, 2.24) is 5.43 Å². The van der Waals surface area contributed by atoms with E-state index in [0.29, 0.717) is 23.6 Å². The van der Waals surface area contributed by atoms with Gasteiger partial charge in [0, 0.05) is 23.6 Å². The maximum absolute atomic E-state index is 13.7. The van der Waals surface area contributed by atoms with Gasteiger partial charge in [-0.1, -0.05) is 6.07 Å². The number of hydrazine groups is 1. The molecule has 5 heteroatoms. The quantitative estimate of drug-likeness (QED) is 0.460. The molecule has 16 heavy (non-hydrogen) atoms. The van der Waals surface area contributed by atoms with Crippen LogP contribution in [0.1, 0.15) is 24.4 Å². The topological polar surface area (TPSA) is 47.3 Å². The predicted molar refractivity (Wildman–Crippen MR) is 63.0 cm³/mol. The number of hydrogen-bond acceptors (Lipinski definition) is 3. The van der Waals surface area contributed by atoms with Crippen LogP contribution in [0, 0.1) is 5.82 Å². The normalized spacial score (nSPS) is 12.5. The van der Waals surface area contributed by atoms with Gasteiger partial charge in [0.05, 0.1) is 7.11 Å². The molecule has 3 N–H and O–H groups in total. The average molecular weight is 247 g/mol. The van der Waals surface area contributed by atoms with Crippen LogP contribution in [0.2, 0.25) is 0 Å². The van der Waals surface area contributed by atoms with E-state index in [-0.39, 0.29) is 11.9 Å². The van der Waals surface area contributed by atoms with Crippen molar-refractivity contribution >= 4 is 11.6 Å². The highest BCUT2D eigenvalue weighted by molar-refractivity contribution is 6.17. The first-order valence-electron chi connectivity index (χ1n) is 5.08. The van der Waals surface area contributed by atoms with E-state index in [0.717, 1.165) is 6.42 Å². The molecule has 0 fully saturated rings. The molecular formula is C11H16ClFN2O. The molecule has 0 heterocycles. The van der Waals surface area contributed by atoms with Crippen molar-refractivity contribution in [3.63, 3.8) is 0 Å². The Morgan fingerprint density at radius 2 is 2.31 bits per heavy atom. The van der Waals surface area contributed by atoms with Crippen molar-refractivity contribution in [2.24, 2.45) is 5.84 Å². The van der Waals surface area contributed by atoms with Gasteiger partial charge < -0.3 is 4.74 Å². The van der Waals surface area contributed by atoms with Crippen molar-refractivity contribution in [3.8, 4) is 5.75 Å². The van der Waals surface area contributed by atoms with Crippen LogP contribution in [-0.2, 0) is 0 Å². The Morgan fingerprint density at radius 3 is 2.81 bits per heavy atom. The highest BCUT2D eigenvalue weighted by Crippen LogP contribution is 2.24. The van der Waals surface area contributed by atoms with Gasteiger partial charge in [-0.3, -0.25) is 11.3 Å². The van der Waals surface area contributed by atoms with Gasteiger partial charge in [0.25, 0.3) is 0 Å². The zero-order valence-electron chi connectivity index (χ0n) is 9.17. The van der Waals surface area contributed by atoms with E-state index < -0.39 is 0 Å². The SMILES string of the molecule is COc1ccc(C(CCCCl)NN)c(F)c1. The summed E-state index contributed by atoms with van der Waals surface area (Å²) in [6.45, 7) is 0. The summed E-state index contributed by atoms with van der Waals surface area (Å²) in [5.41, 5.74) is 3.13. The van der Waals surface area contributed by atoms with Gasteiger partial charge in [0.2, 0.25) is 0 Å². The lowest BCUT2D eigenvalue weighted by Crippen LogP contribution is -2.28. The van der Waals surface area contributed by atoms with Crippen LogP contribution in [0.25, 0.3) is 0 Å². The summed E-state index contributed by atoms with van der Waals surface area (Å²) >= 11 is 5.60. The third-order valence-electron chi connectivity index (χ3n) is 2.41. The predicted octanol–water partition coefficient (Wildman–Crippen LogP) is 2.36. The largest absolute Gasteiger partial charge is 0.497 e. The monoisotopic (exact) mass is 246 g/mol. The molecule has 0 saturated heterocycles. The minimum Gasteiger partial charge on any atom is -0.497 e. The van der Waals surface area contributed by atoms with Crippen molar-refractivity contribution in [1.29, 1.82) is 0 Å². The molecule has 1 aromatic carbocycles. The van der Waals surface area contributed by atoms with Crippen LogP contribution in [0.3, 0.4) is 0 Å². The molecule has 0 aliphatic carbocycles. The Labute approximate surface area is 99.7 Å². The van der Waals surface area contributed by atoms with Gasteiger partial charge in [-0.15, -0.1) is 11.6 Å². The van der Waals surface area contributed by atoms with E-state index >= 15 is 0 Å². The first-order valence-corrected chi connectivity index (χ1v) is 5.62. The zero-order valence-corrected chi connectivity index (χ0v) is 9.93. The van der Waals surface area contributed by atoms with Crippen LogP contribution in [-0.4, -0.2) is 13.0 Å². The number of methoxy groups -OCH3 is 1. The Morgan fingerprint density at radius 1 is 1.56 bits per heavy atom. The fourth-order valence-electron chi connectivity index (χ4n) is 1.53. The second-order valence-corrected chi connectivity index (χ2v) is 3.82. The Hall–Kier alpha value is -0.840. The van der Waals surface area contributed by atoms with Gasteiger partial charge in [-0.05, 0) is 18.9 Å². The van der Waals surface area contributed by atoms with Gasteiger partial charge in [0.1, 0.15) is 11.6 Å². The van der Waals surface area contributed by atoms with Crippen molar-refractivity contribution in [3.05, 3.63) is 29.6 Å². The molecule has 90 valence electrons. The fourth-order valence-corrected chi connectivity index (χ4v) is 1.68. The highest BCUT2D eigenvalue weighted by Gasteiger charge is 2.14. The summed E-state index contributed by atoms with van der Waals surface area (Å²) in [5, 5.41) is 0. The van der Waals surface area contributed by atoms with Gasteiger partial charge in [-0.25, -0.2) is 4.39 Å². The van der Waals surface area contributed by atoms with Crippen LogP contribution in [0.5, 0.6) is 5.75 Å². The van der Waals surface area contributed by atoms with Crippen LogP contribution >= 0.6 is 11.6 Å². The number of rotatable bonds is 6. The number of benzene rings is 1. The van der Waals surface area contributed by atoms with Crippen molar-refractivity contribution in [2.75, 3.05) is 13.0 Å². The van der Waals surface area contributed by atoms with E-state index in [2.05, 4.69) is 5.43 Å². The summed E-state index contributed by atoms with van der Waals surface area (Å²) in [5.74, 6) is 6.10. The summed E-state index contributed by atoms with van der Waals surface area (Å²) in [6.07, 6.45) is 1.48. The number of halogens is 2. The minimum atomic E-state index is -0.322. The second kappa shape index (κ2) is 6.68. The molecule has 0 bridgehead atoms. The molecule has 0 radical (unpaired) electrons. The van der Waals surface area contributed by atoms with Crippen LogP contribution in [0.15, 0.2) is 18.2 Å². The maximum atomic E-state index is 13.7. The first kappa shape index (κ1) is 13.2. The second-order valence-electron chi connectivity index (χ2n) is 3.44. The third kappa shape index (κ3) is 3.33. The van der Waals surface area contributed by atoms with Crippen molar-refractivity contribution < 1.29 is 9.13 Å². The van der Waals surface area contributed by atoms with E-state index in [9.17, 15) is 4.39 Å². The fraction of sp³-hybridized carbons (Fsp3) is 0.455. The molecule has 0 aromatic heterocycles. The molecule has 0 spiro atoms. The Balaban J connectivity index is 2.83. The van der Waals surface area contributed by atoms with Crippen LogP contribution < -0.4 is 16.0 Å². The Bertz CT molecular complexity index is 336. The molecule has 1 atom stereocenters. The lowest BCUT2D eigenvalue weighted by molar-refractivity contribution is 0.408. The van der Waals surface area contributed by atoms with E-state index in [4.69, 9.17) is 22.2 Å². The highest BCUT2D eigenvalue weighted by atomic mass is 35.5. The van der Waals surface area contributed by atoms with Gasteiger partial charge in [0.15, 0.2) is 0 Å². The molecule has 0 aliphatic rings. The average Bonchev–Trinajstić information content (AvgIpc) is 2.31. The number of nitrogens with two attached hydrogens (primary N) is 1. The lowest BCUT2D eigenvalue weighted by Gasteiger charge is -2.16. The van der Waals surface area contributed by atoms with E-state index in [1.165, 1.54) is 13.2 Å². The summed E-state index contributed by atoms with van der Waals surface area (Å²) < 4.78 is 18.6. The molecule has 0 aliphatic heterocycles. The molecular weight excluding hydrogens is 231 g/mol. The molecule has 1 aromatic rings. The molecule has 0 amide bonds. The van der Waals surface area contributed by atoms with Crippen LogP contribution in [0.4, 0.5) is 4.39 Å². The molecule has 3 nitrogen and oxygen atoms in total. The maximum Gasteiger partial charge on any atom is 0.131 e. The standard InChI is InChI=1S/C11H16ClFN2O/c1-16-8-4-5-9(10(13)7-8)11(15-14)3-2-6-12/h4-5,7,11,15H,2-3,6,14H2,1H3. The number of nitrogens with one attached hydrogen (secondary N) is 1. The van der Waals surface area contributed by atoms with Crippen molar-refractivity contribution in [2.45, 2.75) is 18.9 Å². The molecule has 1 unspecified atom stereocenters. The number of ether oxygens (including phenoxy) is 1. The number of hydrogen-bond donors (Lipinski definition) is 2. The smallest absolute Gasteiger partial charge is 0.131 e. The lowest BCUT2D eigenvalue weighted by atomic mass is 10.0. The van der Waals surface area contributed by atoms with Gasteiger partial charge >= 0.3 is 0 Å². The summed E-state index contributed by atoms with van der Waals surface area (Å²) in [4.78, 5) is 0. The summed E-state index contributed by atoms with van der Waals surface area (Å²) in [7, 11) is 1.50.